The van der Waals surface area contributed by atoms with Crippen LogP contribution in [0.15, 0.2) is 194 Å². The highest BCUT2D eigenvalue weighted by atomic mass is 32.1. The molecule has 0 radical (unpaired) electrons. The first-order valence-corrected chi connectivity index (χ1v) is 20.8. The minimum Gasteiger partial charge on any atom is -0.310 e. The predicted octanol–water partition coefficient (Wildman–Crippen LogP) is 16.2. The van der Waals surface area contributed by atoms with E-state index in [2.05, 4.69) is 199 Å². The van der Waals surface area contributed by atoms with Gasteiger partial charge in [-0.25, -0.2) is 0 Å². The van der Waals surface area contributed by atoms with Gasteiger partial charge in [0.25, 0.3) is 0 Å². The van der Waals surface area contributed by atoms with Crippen LogP contribution in [-0.2, 0) is 0 Å². The number of thiophene rings is 1. The van der Waals surface area contributed by atoms with Gasteiger partial charge in [0.2, 0.25) is 0 Å². The fourth-order valence-corrected chi connectivity index (χ4v) is 9.98. The number of fused-ring (bicyclic) bond motifs is 3. The summed E-state index contributed by atoms with van der Waals surface area (Å²) in [6.45, 7) is 0. The monoisotopic (exact) mass is 737 g/mol. The van der Waals surface area contributed by atoms with Crippen LogP contribution in [0.3, 0.4) is 0 Å². The maximum Gasteiger partial charge on any atom is 0.0476 e. The van der Waals surface area contributed by atoms with Gasteiger partial charge in [0.05, 0.1) is 0 Å². The largest absolute Gasteiger partial charge is 0.310 e. The summed E-state index contributed by atoms with van der Waals surface area (Å²) in [5.74, 6) is 0.675. The lowest BCUT2D eigenvalue weighted by molar-refractivity contribution is 0.443. The Morgan fingerprint density at radius 1 is 0.375 bits per heavy atom. The molecule has 0 spiro atoms. The minimum absolute atomic E-state index is 0.675. The van der Waals surface area contributed by atoms with Crippen LogP contribution >= 0.6 is 11.3 Å². The SMILES string of the molecule is c1ccc(-c2ccc(-c3cccc(-c4ccccc4)c3-c3ccc(N(c4ccc(C5CCCCC5)cc4)c4ccc5c(c4)sc4ccccc45)cc3)cc2)cc1. The molecule has 1 aromatic heterocycles. The average molecular weight is 738 g/mol. The molecule has 56 heavy (non-hydrogen) atoms. The lowest BCUT2D eigenvalue weighted by Gasteiger charge is -2.27. The van der Waals surface area contributed by atoms with Gasteiger partial charge in [0.1, 0.15) is 0 Å². The summed E-state index contributed by atoms with van der Waals surface area (Å²) in [5.41, 5.74) is 14.7. The van der Waals surface area contributed by atoms with Crippen molar-refractivity contribution in [3.8, 4) is 44.5 Å². The number of hydrogen-bond donors (Lipinski definition) is 0. The molecular formula is C54H43NS. The Morgan fingerprint density at radius 2 is 0.893 bits per heavy atom. The van der Waals surface area contributed by atoms with E-state index >= 15 is 0 Å². The molecule has 9 aromatic rings. The summed E-state index contributed by atoms with van der Waals surface area (Å²) in [7, 11) is 0. The lowest BCUT2D eigenvalue weighted by Crippen LogP contribution is -2.10. The minimum atomic E-state index is 0.675. The van der Waals surface area contributed by atoms with Crippen molar-refractivity contribution in [3.05, 3.63) is 200 Å². The normalized spacial score (nSPS) is 13.3. The van der Waals surface area contributed by atoms with Gasteiger partial charge >= 0.3 is 0 Å². The number of nitrogens with zero attached hydrogens (tertiary/aromatic N) is 1. The second-order valence-electron chi connectivity index (χ2n) is 15.1. The first-order chi connectivity index (χ1) is 27.8. The zero-order valence-electron chi connectivity index (χ0n) is 31.4. The molecule has 10 rings (SSSR count). The van der Waals surface area contributed by atoms with Crippen LogP contribution in [0.1, 0.15) is 43.6 Å². The fourth-order valence-electron chi connectivity index (χ4n) is 8.84. The molecule has 0 unspecified atom stereocenters. The molecule has 1 heterocycles. The van der Waals surface area contributed by atoms with Crippen molar-refractivity contribution in [3.63, 3.8) is 0 Å². The third-order valence-electron chi connectivity index (χ3n) is 11.7. The molecular weight excluding hydrogens is 695 g/mol. The Balaban J connectivity index is 1.08. The molecule has 1 aliphatic carbocycles. The lowest BCUT2D eigenvalue weighted by atomic mass is 9.84. The van der Waals surface area contributed by atoms with Gasteiger partial charge in [0.15, 0.2) is 0 Å². The fraction of sp³-hybridized carbons (Fsp3) is 0.111. The van der Waals surface area contributed by atoms with E-state index in [-0.39, 0.29) is 0 Å². The van der Waals surface area contributed by atoms with E-state index in [1.54, 1.807) is 0 Å². The van der Waals surface area contributed by atoms with Gasteiger partial charge in [-0.3, -0.25) is 0 Å². The van der Waals surface area contributed by atoms with Crippen LogP contribution in [0.25, 0.3) is 64.7 Å². The van der Waals surface area contributed by atoms with Crippen molar-refractivity contribution >= 4 is 48.6 Å². The predicted molar refractivity (Wildman–Crippen MR) is 242 cm³/mol. The molecule has 1 saturated carbocycles. The van der Waals surface area contributed by atoms with Crippen LogP contribution in [0.2, 0.25) is 0 Å². The first kappa shape index (κ1) is 34.3. The van der Waals surface area contributed by atoms with E-state index in [1.165, 1.54) is 114 Å². The molecule has 0 saturated heterocycles. The second kappa shape index (κ2) is 15.1. The van der Waals surface area contributed by atoms with Crippen molar-refractivity contribution in [2.75, 3.05) is 4.90 Å². The van der Waals surface area contributed by atoms with Crippen LogP contribution < -0.4 is 4.90 Å². The first-order valence-electron chi connectivity index (χ1n) is 20.0. The van der Waals surface area contributed by atoms with Gasteiger partial charge in [-0.15, -0.1) is 11.3 Å². The summed E-state index contributed by atoms with van der Waals surface area (Å²) >= 11 is 1.88. The van der Waals surface area contributed by atoms with Crippen molar-refractivity contribution in [1.82, 2.24) is 0 Å². The molecule has 1 aliphatic rings. The van der Waals surface area contributed by atoms with E-state index < -0.39 is 0 Å². The molecule has 0 amide bonds. The summed E-state index contributed by atoms with van der Waals surface area (Å²) in [4.78, 5) is 2.44. The van der Waals surface area contributed by atoms with Gasteiger partial charge in [-0.2, -0.15) is 0 Å². The highest BCUT2D eigenvalue weighted by Gasteiger charge is 2.20. The summed E-state index contributed by atoms with van der Waals surface area (Å²) < 4.78 is 2.64. The van der Waals surface area contributed by atoms with E-state index in [4.69, 9.17) is 0 Å². The van der Waals surface area contributed by atoms with E-state index in [9.17, 15) is 0 Å². The Bertz CT molecular complexity index is 2740. The number of anilines is 3. The molecule has 1 nitrogen and oxygen atoms in total. The standard InChI is InChI=1S/C54H43NS/c1-4-13-38(14-5-1)40-23-25-43(26-24-40)49-21-12-20-48(42-17-8-3-9-18-42)54(49)44-29-33-46(34-30-44)55(45-31-27-41(28-32-45)39-15-6-2-7-16-39)47-35-36-51-50-19-10-11-22-52(50)56-53(51)37-47/h1,3-5,8-14,17-37,39H,2,6-7,15-16H2. The van der Waals surface area contributed by atoms with Gasteiger partial charge in [-0.05, 0) is 111 Å². The van der Waals surface area contributed by atoms with E-state index in [0.29, 0.717) is 5.92 Å². The molecule has 8 aromatic carbocycles. The van der Waals surface area contributed by atoms with Crippen LogP contribution in [0.5, 0.6) is 0 Å². The van der Waals surface area contributed by atoms with Crippen molar-refractivity contribution in [2.45, 2.75) is 38.0 Å². The maximum absolute atomic E-state index is 2.44. The molecule has 270 valence electrons. The van der Waals surface area contributed by atoms with Gasteiger partial charge < -0.3 is 4.90 Å². The zero-order valence-corrected chi connectivity index (χ0v) is 32.3. The van der Waals surface area contributed by atoms with Crippen LogP contribution in [0.4, 0.5) is 17.1 Å². The quantitative estimate of drug-likeness (QED) is 0.150. The van der Waals surface area contributed by atoms with E-state index in [1.807, 2.05) is 11.3 Å². The Morgan fingerprint density at radius 3 is 1.59 bits per heavy atom. The molecule has 0 bridgehead atoms. The van der Waals surface area contributed by atoms with Crippen molar-refractivity contribution in [2.24, 2.45) is 0 Å². The summed E-state index contributed by atoms with van der Waals surface area (Å²) in [6, 6.07) is 71.7. The van der Waals surface area contributed by atoms with Crippen molar-refractivity contribution < 1.29 is 0 Å². The number of hydrogen-bond acceptors (Lipinski definition) is 2. The van der Waals surface area contributed by atoms with Crippen LogP contribution in [-0.4, -0.2) is 0 Å². The zero-order chi connectivity index (χ0) is 37.3. The van der Waals surface area contributed by atoms with Crippen molar-refractivity contribution in [1.29, 1.82) is 0 Å². The number of rotatable bonds is 8. The Kier molecular flexibility index (Phi) is 9.27. The Labute approximate surface area is 334 Å². The molecule has 0 N–H and O–H groups in total. The second-order valence-corrected chi connectivity index (χ2v) is 16.2. The molecule has 0 atom stereocenters. The summed E-state index contributed by atoms with van der Waals surface area (Å²) in [5, 5.41) is 2.65. The Hall–Kier alpha value is -6.22. The third-order valence-corrected chi connectivity index (χ3v) is 12.8. The third kappa shape index (κ3) is 6.61. The molecule has 1 fully saturated rings. The van der Waals surface area contributed by atoms with E-state index in [0.717, 1.165) is 5.69 Å². The number of benzene rings is 8. The highest BCUT2D eigenvalue weighted by Crippen LogP contribution is 2.44. The summed E-state index contributed by atoms with van der Waals surface area (Å²) in [6.07, 6.45) is 6.66. The highest BCUT2D eigenvalue weighted by molar-refractivity contribution is 7.25. The van der Waals surface area contributed by atoms with Crippen LogP contribution in [0, 0.1) is 0 Å². The smallest absolute Gasteiger partial charge is 0.0476 e. The van der Waals surface area contributed by atoms with Gasteiger partial charge in [0, 0.05) is 37.2 Å². The van der Waals surface area contributed by atoms with Gasteiger partial charge in [-0.1, -0.05) is 171 Å². The topological polar surface area (TPSA) is 3.24 Å². The molecule has 2 heteroatoms. The molecule has 0 aliphatic heterocycles. The average Bonchev–Trinajstić information content (AvgIpc) is 3.66. The maximum atomic E-state index is 2.44.